The Labute approximate surface area is 180 Å². The first-order valence-corrected chi connectivity index (χ1v) is 10.1. The van der Waals surface area contributed by atoms with E-state index >= 15 is 0 Å². The van der Waals surface area contributed by atoms with Gasteiger partial charge < -0.3 is 9.30 Å². The second-order valence-corrected chi connectivity index (χ2v) is 7.29. The van der Waals surface area contributed by atoms with Crippen LogP contribution < -0.4 is 4.80 Å². The van der Waals surface area contributed by atoms with Crippen molar-refractivity contribution in [2.45, 2.75) is 13.5 Å². The third-order valence-corrected chi connectivity index (χ3v) is 5.29. The van der Waals surface area contributed by atoms with Crippen LogP contribution in [0.3, 0.4) is 0 Å². The first-order chi connectivity index (χ1) is 14.9. The van der Waals surface area contributed by atoms with E-state index in [1.54, 1.807) is 16.7 Å². The van der Waals surface area contributed by atoms with E-state index in [2.05, 4.69) is 4.99 Å². The van der Waals surface area contributed by atoms with Crippen LogP contribution in [-0.4, -0.2) is 33.5 Å². The SMILES string of the molecule is CCOCCn1c(=NC(=O)/C=C/c2cccc([N+](=O)[O-])c2)sc2cc([N+](=O)[O-])ccc21. The summed E-state index contributed by atoms with van der Waals surface area (Å²) >= 11 is 1.16. The van der Waals surface area contributed by atoms with Gasteiger partial charge >= 0.3 is 0 Å². The smallest absolute Gasteiger partial charge is 0.272 e. The van der Waals surface area contributed by atoms with E-state index in [1.807, 2.05) is 6.92 Å². The van der Waals surface area contributed by atoms with Crippen molar-refractivity contribution < 1.29 is 19.4 Å². The summed E-state index contributed by atoms with van der Waals surface area (Å²) in [7, 11) is 0. The molecule has 0 saturated carbocycles. The average Bonchev–Trinajstić information content (AvgIpc) is 3.08. The Bertz CT molecular complexity index is 1240. The number of amides is 1. The Morgan fingerprint density at radius 2 is 1.90 bits per heavy atom. The van der Waals surface area contributed by atoms with Crippen molar-refractivity contribution >= 4 is 44.9 Å². The number of rotatable bonds is 8. The highest BCUT2D eigenvalue weighted by Gasteiger charge is 2.12. The molecular weight excluding hydrogens is 424 g/mol. The van der Waals surface area contributed by atoms with Gasteiger partial charge in [-0.3, -0.25) is 25.0 Å². The van der Waals surface area contributed by atoms with Crippen LogP contribution in [0.4, 0.5) is 11.4 Å². The first-order valence-electron chi connectivity index (χ1n) is 9.26. The highest BCUT2D eigenvalue weighted by Crippen LogP contribution is 2.23. The largest absolute Gasteiger partial charge is 0.380 e. The molecule has 0 bridgehead atoms. The lowest BCUT2D eigenvalue weighted by molar-refractivity contribution is -0.385. The lowest BCUT2D eigenvalue weighted by Gasteiger charge is -2.05. The maximum absolute atomic E-state index is 12.4. The molecule has 1 aromatic heterocycles. The molecule has 0 N–H and O–H groups in total. The normalized spacial score (nSPS) is 12.0. The molecule has 0 spiro atoms. The summed E-state index contributed by atoms with van der Waals surface area (Å²) in [5.41, 5.74) is 1.08. The lowest BCUT2D eigenvalue weighted by Crippen LogP contribution is -2.19. The zero-order valence-electron chi connectivity index (χ0n) is 16.5. The highest BCUT2D eigenvalue weighted by molar-refractivity contribution is 7.16. The fraction of sp³-hybridized carbons (Fsp3) is 0.200. The summed E-state index contributed by atoms with van der Waals surface area (Å²) in [6.45, 7) is 3.22. The topological polar surface area (TPSA) is 130 Å². The molecule has 3 aromatic rings. The van der Waals surface area contributed by atoms with Gasteiger partial charge in [0.05, 0.1) is 26.7 Å². The van der Waals surface area contributed by atoms with Gasteiger partial charge in [0.1, 0.15) is 0 Å². The van der Waals surface area contributed by atoms with Gasteiger partial charge in [0.2, 0.25) is 0 Å². The quantitative estimate of drug-likeness (QED) is 0.226. The number of thiazole rings is 1. The van der Waals surface area contributed by atoms with E-state index in [4.69, 9.17) is 4.74 Å². The molecule has 10 nitrogen and oxygen atoms in total. The van der Waals surface area contributed by atoms with E-state index in [1.165, 1.54) is 42.5 Å². The van der Waals surface area contributed by atoms with E-state index in [0.29, 0.717) is 40.3 Å². The van der Waals surface area contributed by atoms with E-state index in [0.717, 1.165) is 11.3 Å². The summed E-state index contributed by atoms with van der Waals surface area (Å²) in [6, 6.07) is 10.3. The molecule has 0 fully saturated rings. The van der Waals surface area contributed by atoms with Crippen LogP contribution in [-0.2, 0) is 16.1 Å². The van der Waals surface area contributed by atoms with E-state index < -0.39 is 15.8 Å². The van der Waals surface area contributed by atoms with Crippen LogP contribution in [0.15, 0.2) is 53.5 Å². The fourth-order valence-electron chi connectivity index (χ4n) is 2.82. The minimum absolute atomic E-state index is 0.0471. The van der Waals surface area contributed by atoms with Gasteiger partial charge in [-0.1, -0.05) is 23.5 Å². The Kier molecular flexibility index (Phi) is 7.00. The molecule has 1 heterocycles. The first kappa shape index (κ1) is 22.0. The molecule has 3 rings (SSSR count). The summed E-state index contributed by atoms with van der Waals surface area (Å²) in [5, 5.41) is 21.9. The number of nitro groups is 2. The van der Waals surface area contributed by atoms with Crippen LogP contribution in [0, 0.1) is 20.2 Å². The molecule has 0 unspecified atom stereocenters. The van der Waals surface area contributed by atoms with Crippen molar-refractivity contribution in [3.63, 3.8) is 0 Å². The number of nitro benzene ring substituents is 2. The Morgan fingerprint density at radius 3 is 2.61 bits per heavy atom. The molecule has 0 aliphatic heterocycles. The van der Waals surface area contributed by atoms with Crippen molar-refractivity contribution in [3.8, 4) is 0 Å². The van der Waals surface area contributed by atoms with E-state index in [9.17, 15) is 25.0 Å². The van der Waals surface area contributed by atoms with Crippen molar-refractivity contribution in [2.24, 2.45) is 4.99 Å². The third-order valence-electron chi connectivity index (χ3n) is 4.25. The number of fused-ring (bicyclic) bond motifs is 1. The summed E-state index contributed by atoms with van der Waals surface area (Å²) in [5.74, 6) is -0.558. The number of hydrogen-bond donors (Lipinski definition) is 0. The molecule has 1 amide bonds. The monoisotopic (exact) mass is 442 g/mol. The number of aromatic nitrogens is 1. The van der Waals surface area contributed by atoms with E-state index in [-0.39, 0.29) is 11.4 Å². The fourth-order valence-corrected chi connectivity index (χ4v) is 3.91. The van der Waals surface area contributed by atoms with Gasteiger partial charge in [-0.15, -0.1) is 0 Å². The molecule has 31 heavy (non-hydrogen) atoms. The van der Waals surface area contributed by atoms with Crippen molar-refractivity contribution in [3.05, 3.63) is 79.1 Å². The molecule has 160 valence electrons. The number of nitrogens with zero attached hydrogens (tertiary/aromatic N) is 4. The number of carbonyl (C=O) groups excluding carboxylic acids is 1. The molecule has 0 atom stereocenters. The van der Waals surface area contributed by atoms with Gasteiger partial charge in [0.15, 0.2) is 4.80 Å². The predicted molar refractivity (Wildman–Crippen MR) is 116 cm³/mol. The standard InChI is InChI=1S/C20H18N4O6S/c1-2-30-11-10-22-17-8-7-16(24(28)29)13-18(17)31-20(22)21-19(25)9-6-14-4-3-5-15(12-14)23(26)27/h3-9,12-13H,2,10-11H2,1H3/b9-6+,21-20?. The van der Waals surface area contributed by atoms with Crippen LogP contribution in [0.5, 0.6) is 0 Å². The zero-order chi connectivity index (χ0) is 22.4. The molecule has 0 saturated heterocycles. The van der Waals surface area contributed by atoms with Crippen LogP contribution in [0.25, 0.3) is 16.3 Å². The molecular formula is C20H18N4O6S. The number of hydrogen-bond acceptors (Lipinski definition) is 7. The zero-order valence-corrected chi connectivity index (χ0v) is 17.3. The molecule has 0 radical (unpaired) electrons. The molecule has 11 heteroatoms. The Balaban J connectivity index is 1.95. The predicted octanol–water partition coefficient (Wildman–Crippen LogP) is 3.70. The van der Waals surface area contributed by atoms with Gasteiger partial charge in [0.25, 0.3) is 17.3 Å². The van der Waals surface area contributed by atoms with Crippen LogP contribution in [0.1, 0.15) is 12.5 Å². The second-order valence-electron chi connectivity index (χ2n) is 6.28. The Hall–Kier alpha value is -3.70. The van der Waals surface area contributed by atoms with Crippen molar-refractivity contribution in [2.75, 3.05) is 13.2 Å². The van der Waals surface area contributed by atoms with Crippen LogP contribution in [0.2, 0.25) is 0 Å². The number of ether oxygens (including phenoxy) is 1. The minimum Gasteiger partial charge on any atom is -0.380 e. The molecule has 0 aliphatic rings. The van der Waals surface area contributed by atoms with Gasteiger partial charge in [-0.05, 0) is 24.6 Å². The third kappa shape index (κ3) is 5.47. The average molecular weight is 442 g/mol. The minimum atomic E-state index is -0.558. The molecule has 2 aromatic carbocycles. The number of carbonyl (C=O) groups is 1. The van der Waals surface area contributed by atoms with Crippen LogP contribution >= 0.6 is 11.3 Å². The van der Waals surface area contributed by atoms with Gasteiger partial charge in [0, 0.05) is 43.5 Å². The number of benzene rings is 2. The van der Waals surface area contributed by atoms with Crippen molar-refractivity contribution in [1.29, 1.82) is 0 Å². The second kappa shape index (κ2) is 9.87. The lowest BCUT2D eigenvalue weighted by atomic mass is 10.2. The molecule has 0 aliphatic carbocycles. The summed E-state index contributed by atoms with van der Waals surface area (Å²) < 4.78 is 7.79. The van der Waals surface area contributed by atoms with Crippen molar-refractivity contribution in [1.82, 2.24) is 4.57 Å². The number of non-ortho nitro benzene ring substituents is 2. The van der Waals surface area contributed by atoms with Gasteiger partial charge in [-0.25, -0.2) is 0 Å². The summed E-state index contributed by atoms with van der Waals surface area (Å²) in [4.78, 5) is 37.8. The maximum atomic E-state index is 12.4. The Morgan fingerprint density at radius 1 is 1.16 bits per heavy atom. The maximum Gasteiger partial charge on any atom is 0.272 e. The summed E-state index contributed by atoms with van der Waals surface area (Å²) in [6.07, 6.45) is 2.67. The highest BCUT2D eigenvalue weighted by atomic mass is 32.1. The van der Waals surface area contributed by atoms with Gasteiger partial charge in [-0.2, -0.15) is 4.99 Å².